The van der Waals surface area contributed by atoms with Crippen LogP contribution in [0.3, 0.4) is 0 Å². The van der Waals surface area contributed by atoms with Gasteiger partial charge in [-0.1, -0.05) is 26.3 Å². The zero-order valence-corrected chi connectivity index (χ0v) is 13.4. The largest absolute Gasteiger partial charge is 0.398 e. The molecule has 0 aromatic heterocycles. The molecular formula is C15H24N2O2S. The number of rotatable bonds is 6. The van der Waals surface area contributed by atoms with E-state index in [1.165, 1.54) is 0 Å². The minimum Gasteiger partial charge on any atom is -0.398 e. The van der Waals surface area contributed by atoms with Crippen molar-refractivity contribution in [2.24, 2.45) is 5.92 Å². The Morgan fingerprint density at radius 3 is 2.65 bits per heavy atom. The van der Waals surface area contributed by atoms with Crippen LogP contribution < -0.4 is 11.1 Å². The van der Waals surface area contributed by atoms with Gasteiger partial charge in [0.15, 0.2) is 0 Å². The van der Waals surface area contributed by atoms with Gasteiger partial charge in [0, 0.05) is 27.9 Å². The van der Waals surface area contributed by atoms with Gasteiger partial charge in [0.25, 0.3) is 0 Å². The van der Waals surface area contributed by atoms with Crippen molar-refractivity contribution in [3.05, 3.63) is 23.8 Å². The molecule has 0 aliphatic carbocycles. The molecule has 0 bridgehead atoms. The average molecular weight is 296 g/mol. The van der Waals surface area contributed by atoms with Gasteiger partial charge in [0.1, 0.15) is 5.25 Å². The van der Waals surface area contributed by atoms with Gasteiger partial charge in [-0.2, -0.15) is 0 Å². The number of amides is 1. The average Bonchev–Trinajstić information content (AvgIpc) is 2.42. The molecule has 0 saturated carbocycles. The molecule has 1 amide bonds. The topological polar surface area (TPSA) is 72.2 Å². The highest BCUT2D eigenvalue weighted by molar-refractivity contribution is 7.86. The van der Waals surface area contributed by atoms with E-state index < -0.39 is 16.0 Å². The van der Waals surface area contributed by atoms with Crippen molar-refractivity contribution in [2.45, 2.75) is 39.4 Å². The molecule has 0 radical (unpaired) electrons. The van der Waals surface area contributed by atoms with Crippen molar-refractivity contribution in [2.75, 3.05) is 16.8 Å². The van der Waals surface area contributed by atoms with Crippen LogP contribution in [0.4, 0.5) is 11.4 Å². The number of hydrogen-bond acceptors (Lipinski definition) is 3. The molecule has 3 unspecified atom stereocenters. The molecule has 3 atom stereocenters. The summed E-state index contributed by atoms with van der Waals surface area (Å²) in [5, 5.41) is 2.29. The predicted octanol–water partition coefficient (Wildman–Crippen LogP) is 2.70. The standard InChI is InChI=1S/C15H24N2O2S/c1-5-10(2)9-20(19)12(4)15(18)17-14-8-6-7-13(16)11(14)3/h6-8,10,12H,5,9,16H2,1-4H3,(H,17,18). The van der Waals surface area contributed by atoms with E-state index in [0.717, 1.165) is 12.0 Å². The second-order valence-electron chi connectivity index (χ2n) is 5.21. The van der Waals surface area contributed by atoms with Gasteiger partial charge in [0.05, 0.1) is 0 Å². The summed E-state index contributed by atoms with van der Waals surface area (Å²) >= 11 is 0. The lowest BCUT2D eigenvalue weighted by molar-refractivity contribution is -0.115. The van der Waals surface area contributed by atoms with Crippen LogP contribution in [0.2, 0.25) is 0 Å². The van der Waals surface area contributed by atoms with Crippen LogP contribution >= 0.6 is 0 Å². The van der Waals surface area contributed by atoms with Crippen LogP contribution in [0.1, 0.15) is 32.8 Å². The number of hydrogen-bond donors (Lipinski definition) is 2. The number of nitrogens with two attached hydrogens (primary N) is 1. The van der Waals surface area contributed by atoms with Gasteiger partial charge in [-0.05, 0) is 37.5 Å². The van der Waals surface area contributed by atoms with Crippen molar-refractivity contribution >= 4 is 28.1 Å². The number of nitrogen functional groups attached to an aromatic ring is 1. The van der Waals surface area contributed by atoms with Crippen LogP contribution in [-0.2, 0) is 15.6 Å². The fourth-order valence-electron chi connectivity index (χ4n) is 1.69. The van der Waals surface area contributed by atoms with Gasteiger partial charge < -0.3 is 11.1 Å². The maximum absolute atomic E-state index is 12.1. The van der Waals surface area contributed by atoms with E-state index in [-0.39, 0.29) is 5.91 Å². The summed E-state index contributed by atoms with van der Waals surface area (Å²) < 4.78 is 12.1. The zero-order chi connectivity index (χ0) is 15.3. The third-order valence-corrected chi connectivity index (χ3v) is 5.44. The summed E-state index contributed by atoms with van der Waals surface area (Å²) in [6.45, 7) is 7.66. The minimum atomic E-state index is -1.15. The van der Waals surface area contributed by atoms with E-state index in [9.17, 15) is 9.00 Å². The summed E-state index contributed by atoms with van der Waals surface area (Å²) in [6.07, 6.45) is 0.967. The summed E-state index contributed by atoms with van der Waals surface area (Å²) in [5.74, 6) is 0.696. The van der Waals surface area contributed by atoms with E-state index in [2.05, 4.69) is 12.2 Å². The zero-order valence-electron chi connectivity index (χ0n) is 12.6. The Labute approximate surface area is 123 Å². The molecule has 0 aliphatic heterocycles. The SMILES string of the molecule is CCC(C)CS(=O)C(C)C(=O)Nc1cccc(N)c1C. The first kappa shape index (κ1) is 16.7. The summed E-state index contributed by atoms with van der Waals surface area (Å²) in [7, 11) is -1.15. The Hall–Kier alpha value is -1.36. The monoisotopic (exact) mass is 296 g/mol. The van der Waals surface area contributed by atoms with Gasteiger partial charge in [-0.3, -0.25) is 9.00 Å². The van der Waals surface area contributed by atoms with Crippen LogP contribution in [0.15, 0.2) is 18.2 Å². The summed E-state index contributed by atoms with van der Waals surface area (Å²) in [4.78, 5) is 12.1. The molecular weight excluding hydrogens is 272 g/mol. The molecule has 3 N–H and O–H groups in total. The predicted molar refractivity (Wildman–Crippen MR) is 86.1 cm³/mol. The number of carbonyl (C=O) groups is 1. The molecule has 0 fully saturated rings. The van der Waals surface area contributed by atoms with Crippen molar-refractivity contribution in [1.82, 2.24) is 0 Å². The second-order valence-corrected chi connectivity index (χ2v) is 7.01. The quantitative estimate of drug-likeness (QED) is 0.793. The van der Waals surface area contributed by atoms with Crippen molar-refractivity contribution < 1.29 is 9.00 Å². The Balaban J connectivity index is 2.71. The number of carbonyl (C=O) groups excluding carboxylic acids is 1. The highest BCUT2D eigenvalue weighted by Gasteiger charge is 2.21. The van der Waals surface area contributed by atoms with Crippen molar-refractivity contribution in [3.8, 4) is 0 Å². The molecule has 0 heterocycles. The molecule has 0 spiro atoms. The lowest BCUT2D eigenvalue weighted by atomic mass is 10.1. The molecule has 0 saturated heterocycles. The Morgan fingerprint density at radius 2 is 2.05 bits per heavy atom. The fraction of sp³-hybridized carbons (Fsp3) is 0.533. The smallest absolute Gasteiger partial charge is 0.239 e. The number of anilines is 2. The fourth-order valence-corrected chi connectivity index (χ4v) is 3.07. The van der Waals surface area contributed by atoms with Crippen LogP contribution in [0, 0.1) is 12.8 Å². The highest BCUT2D eigenvalue weighted by Crippen LogP contribution is 2.21. The van der Waals surface area contributed by atoms with E-state index >= 15 is 0 Å². The lowest BCUT2D eigenvalue weighted by Crippen LogP contribution is -2.31. The van der Waals surface area contributed by atoms with Crippen molar-refractivity contribution in [1.29, 1.82) is 0 Å². The second kappa shape index (κ2) is 7.43. The van der Waals surface area contributed by atoms with Crippen LogP contribution in [-0.4, -0.2) is 21.1 Å². The van der Waals surface area contributed by atoms with E-state index in [4.69, 9.17) is 5.73 Å². The molecule has 1 aromatic carbocycles. The first-order valence-electron chi connectivity index (χ1n) is 6.89. The Kier molecular flexibility index (Phi) is 6.20. The first-order chi connectivity index (χ1) is 9.36. The lowest BCUT2D eigenvalue weighted by Gasteiger charge is -2.16. The molecule has 112 valence electrons. The van der Waals surface area contributed by atoms with Gasteiger partial charge in [-0.25, -0.2) is 0 Å². The maximum Gasteiger partial charge on any atom is 0.239 e. The normalized spacial score (nSPS) is 15.4. The summed E-state index contributed by atoms with van der Waals surface area (Å²) in [5.41, 5.74) is 7.96. The number of nitrogens with one attached hydrogen (secondary N) is 1. The maximum atomic E-state index is 12.1. The minimum absolute atomic E-state index is 0.222. The Bertz CT molecular complexity index is 503. The summed E-state index contributed by atoms with van der Waals surface area (Å²) in [6, 6.07) is 5.38. The van der Waals surface area contributed by atoms with E-state index in [1.54, 1.807) is 25.1 Å². The molecule has 20 heavy (non-hydrogen) atoms. The third-order valence-electron chi connectivity index (χ3n) is 3.54. The van der Waals surface area contributed by atoms with Crippen molar-refractivity contribution in [3.63, 3.8) is 0 Å². The van der Waals surface area contributed by atoms with Gasteiger partial charge in [0.2, 0.25) is 5.91 Å². The highest BCUT2D eigenvalue weighted by atomic mass is 32.2. The molecule has 0 aliphatic rings. The van der Waals surface area contributed by atoms with Gasteiger partial charge in [-0.15, -0.1) is 0 Å². The Morgan fingerprint density at radius 1 is 1.40 bits per heavy atom. The molecule has 1 aromatic rings. The number of benzene rings is 1. The van der Waals surface area contributed by atoms with E-state index in [0.29, 0.717) is 23.0 Å². The molecule has 1 rings (SSSR count). The van der Waals surface area contributed by atoms with Crippen LogP contribution in [0.25, 0.3) is 0 Å². The van der Waals surface area contributed by atoms with Crippen LogP contribution in [0.5, 0.6) is 0 Å². The van der Waals surface area contributed by atoms with E-state index in [1.807, 2.05) is 13.8 Å². The van der Waals surface area contributed by atoms with Gasteiger partial charge >= 0.3 is 0 Å². The first-order valence-corrected chi connectivity index (χ1v) is 8.28. The third kappa shape index (κ3) is 4.34. The molecule has 4 nitrogen and oxygen atoms in total. The molecule has 5 heteroatoms.